The average molecular weight is 326 g/mol. The third-order valence-electron chi connectivity index (χ3n) is 5.10. The first-order valence-electron chi connectivity index (χ1n) is 6.85. The molecule has 6 nitrogen and oxygen atoms in total. The van der Waals surface area contributed by atoms with Crippen molar-refractivity contribution in [2.75, 3.05) is 0 Å². The smallest absolute Gasteiger partial charge is 0.456 e. The van der Waals surface area contributed by atoms with Gasteiger partial charge in [-0.05, 0) is 43.4 Å². The van der Waals surface area contributed by atoms with Gasteiger partial charge in [0.15, 0.2) is 0 Å². The third-order valence-corrected chi connectivity index (χ3v) is 5.91. The van der Waals surface area contributed by atoms with E-state index in [-0.39, 0.29) is 11.8 Å². The number of alkyl halides is 2. The highest BCUT2D eigenvalue weighted by molar-refractivity contribution is 7.87. The van der Waals surface area contributed by atoms with Gasteiger partial charge in [-0.15, -0.1) is 0 Å². The Bertz CT molecular complexity index is 562. The highest BCUT2D eigenvalue weighted by Gasteiger charge is 2.59. The summed E-state index contributed by atoms with van der Waals surface area (Å²) < 4.78 is 60.8. The third kappa shape index (κ3) is 2.25. The SMILES string of the molecule is O=C(OC1C2CC3CC(C2)C(O)C1C3)C(F)(F)S(=O)(=O)O. The van der Waals surface area contributed by atoms with Gasteiger partial charge >= 0.3 is 21.3 Å². The number of halogens is 2. The van der Waals surface area contributed by atoms with Crippen LogP contribution in [0.15, 0.2) is 0 Å². The fraction of sp³-hybridized carbons (Fsp3) is 0.917. The highest BCUT2D eigenvalue weighted by atomic mass is 32.2. The Labute approximate surface area is 120 Å². The van der Waals surface area contributed by atoms with Crippen molar-refractivity contribution in [1.82, 2.24) is 0 Å². The van der Waals surface area contributed by atoms with Gasteiger partial charge < -0.3 is 9.84 Å². The molecular formula is C12H16F2O6S. The second-order valence-electron chi connectivity index (χ2n) is 6.35. The van der Waals surface area contributed by atoms with E-state index in [0.29, 0.717) is 18.8 Å². The van der Waals surface area contributed by atoms with Crippen molar-refractivity contribution in [3.63, 3.8) is 0 Å². The summed E-state index contributed by atoms with van der Waals surface area (Å²) >= 11 is 0. The highest BCUT2D eigenvalue weighted by Crippen LogP contribution is 2.55. The molecule has 0 aromatic carbocycles. The molecule has 4 fully saturated rings. The molecule has 0 aromatic heterocycles. The zero-order chi connectivity index (χ0) is 15.6. The summed E-state index contributed by atoms with van der Waals surface area (Å²) in [7, 11) is -5.86. The molecule has 0 radical (unpaired) electrons. The molecule has 21 heavy (non-hydrogen) atoms. The lowest BCUT2D eigenvalue weighted by atomic mass is 9.53. The first kappa shape index (κ1) is 15.1. The Morgan fingerprint density at radius 2 is 1.76 bits per heavy atom. The molecule has 4 saturated carbocycles. The minimum absolute atomic E-state index is 0.101. The number of rotatable bonds is 3. The zero-order valence-electron chi connectivity index (χ0n) is 11.0. The summed E-state index contributed by atoms with van der Waals surface area (Å²) in [6, 6.07) is 0. The molecule has 0 spiro atoms. The van der Waals surface area contributed by atoms with Crippen LogP contribution < -0.4 is 0 Å². The number of hydrogen-bond donors (Lipinski definition) is 2. The molecule has 0 saturated heterocycles. The summed E-state index contributed by atoms with van der Waals surface area (Å²) in [6.07, 6.45) is 1.18. The Morgan fingerprint density at radius 3 is 2.38 bits per heavy atom. The maximum Gasteiger partial charge on any atom is 0.465 e. The minimum Gasteiger partial charge on any atom is -0.456 e. The predicted molar refractivity (Wildman–Crippen MR) is 64.8 cm³/mol. The van der Waals surface area contributed by atoms with Crippen LogP contribution in [-0.2, 0) is 19.6 Å². The number of aliphatic hydroxyl groups excluding tert-OH is 1. The van der Waals surface area contributed by atoms with Gasteiger partial charge in [-0.3, -0.25) is 4.55 Å². The van der Waals surface area contributed by atoms with E-state index in [1.165, 1.54) is 0 Å². The Balaban J connectivity index is 1.78. The molecule has 4 bridgehead atoms. The van der Waals surface area contributed by atoms with Gasteiger partial charge in [0.25, 0.3) is 0 Å². The van der Waals surface area contributed by atoms with E-state index >= 15 is 0 Å². The second kappa shape index (κ2) is 4.60. The molecule has 0 aromatic rings. The predicted octanol–water partition coefficient (Wildman–Crippen LogP) is 0.806. The van der Waals surface area contributed by atoms with Crippen molar-refractivity contribution in [3.05, 3.63) is 0 Å². The van der Waals surface area contributed by atoms with Crippen LogP contribution >= 0.6 is 0 Å². The molecule has 9 heteroatoms. The van der Waals surface area contributed by atoms with E-state index in [0.717, 1.165) is 12.8 Å². The van der Waals surface area contributed by atoms with E-state index < -0.39 is 39.5 Å². The molecule has 4 aliphatic rings. The normalized spacial score (nSPS) is 42.1. The van der Waals surface area contributed by atoms with Crippen LogP contribution in [-0.4, -0.2) is 41.5 Å². The van der Waals surface area contributed by atoms with E-state index in [1.807, 2.05) is 0 Å². The van der Waals surface area contributed by atoms with Crippen molar-refractivity contribution in [1.29, 1.82) is 0 Å². The summed E-state index contributed by atoms with van der Waals surface area (Å²) in [6.45, 7) is 0. The monoisotopic (exact) mass is 326 g/mol. The summed E-state index contributed by atoms with van der Waals surface area (Å²) in [4.78, 5) is 11.4. The van der Waals surface area contributed by atoms with Crippen LogP contribution in [0.3, 0.4) is 0 Å². The Kier molecular flexibility index (Phi) is 3.31. The number of carbonyl (C=O) groups is 1. The fourth-order valence-electron chi connectivity index (χ4n) is 4.31. The van der Waals surface area contributed by atoms with E-state index in [1.54, 1.807) is 0 Å². The van der Waals surface area contributed by atoms with Crippen molar-refractivity contribution in [3.8, 4) is 0 Å². The summed E-state index contributed by atoms with van der Waals surface area (Å²) in [5, 5.41) is 5.15. The van der Waals surface area contributed by atoms with Gasteiger partial charge in [0, 0.05) is 5.92 Å². The molecule has 6 unspecified atom stereocenters. The maximum absolute atomic E-state index is 13.3. The van der Waals surface area contributed by atoms with Gasteiger partial charge in [-0.25, -0.2) is 4.79 Å². The van der Waals surface area contributed by atoms with Crippen LogP contribution in [0.1, 0.15) is 25.7 Å². The molecule has 0 aliphatic heterocycles. The van der Waals surface area contributed by atoms with Crippen LogP contribution in [0, 0.1) is 23.7 Å². The van der Waals surface area contributed by atoms with E-state index in [9.17, 15) is 27.1 Å². The lowest BCUT2D eigenvalue weighted by Gasteiger charge is -2.55. The number of aliphatic hydroxyl groups is 1. The standard InChI is InChI=1S/C12H16F2O6S/c13-12(14,21(17,18)19)11(16)20-10-7-2-5-1-6(4-7)9(15)8(10)3-5/h5-10,15H,1-4H2,(H,17,18,19). The largest absolute Gasteiger partial charge is 0.465 e. The van der Waals surface area contributed by atoms with E-state index in [4.69, 9.17) is 9.29 Å². The van der Waals surface area contributed by atoms with Gasteiger partial charge in [-0.1, -0.05) is 0 Å². The quantitative estimate of drug-likeness (QED) is 0.588. The van der Waals surface area contributed by atoms with Gasteiger partial charge in [0.05, 0.1) is 6.10 Å². The zero-order valence-corrected chi connectivity index (χ0v) is 11.8. The molecule has 6 atom stereocenters. The molecule has 4 aliphatic carbocycles. The van der Waals surface area contributed by atoms with Crippen LogP contribution in [0.5, 0.6) is 0 Å². The number of hydrogen-bond acceptors (Lipinski definition) is 5. The molecule has 4 rings (SSSR count). The lowest BCUT2D eigenvalue weighted by Crippen LogP contribution is -2.58. The van der Waals surface area contributed by atoms with E-state index in [2.05, 4.69) is 0 Å². The number of ether oxygens (including phenoxy) is 1. The number of esters is 1. The first-order valence-corrected chi connectivity index (χ1v) is 8.29. The second-order valence-corrected chi connectivity index (χ2v) is 7.81. The minimum atomic E-state index is -5.86. The van der Waals surface area contributed by atoms with Gasteiger partial charge in [-0.2, -0.15) is 17.2 Å². The average Bonchev–Trinajstić information content (AvgIpc) is 2.37. The summed E-state index contributed by atoms with van der Waals surface area (Å²) in [5.41, 5.74) is 0. The first-order chi connectivity index (χ1) is 9.61. The molecule has 120 valence electrons. The molecular weight excluding hydrogens is 310 g/mol. The van der Waals surface area contributed by atoms with Crippen molar-refractivity contribution in [2.24, 2.45) is 23.7 Å². The summed E-state index contributed by atoms with van der Waals surface area (Å²) in [5.74, 6) is -2.32. The topological polar surface area (TPSA) is 101 Å². The van der Waals surface area contributed by atoms with Gasteiger partial charge in [0.1, 0.15) is 6.10 Å². The fourth-order valence-corrected chi connectivity index (χ4v) is 4.57. The Morgan fingerprint density at radius 1 is 1.14 bits per heavy atom. The van der Waals surface area contributed by atoms with Crippen molar-refractivity contribution in [2.45, 2.75) is 43.1 Å². The van der Waals surface area contributed by atoms with Crippen molar-refractivity contribution < 1.29 is 36.4 Å². The van der Waals surface area contributed by atoms with Crippen molar-refractivity contribution >= 4 is 16.1 Å². The van der Waals surface area contributed by atoms with Crippen LogP contribution in [0.25, 0.3) is 0 Å². The molecule has 0 heterocycles. The Hall–Kier alpha value is -0.800. The maximum atomic E-state index is 13.3. The molecule has 2 N–H and O–H groups in total. The van der Waals surface area contributed by atoms with Crippen LogP contribution in [0.4, 0.5) is 8.78 Å². The molecule has 0 amide bonds. The van der Waals surface area contributed by atoms with Crippen LogP contribution in [0.2, 0.25) is 0 Å². The van der Waals surface area contributed by atoms with Gasteiger partial charge in [0.2, 0.25) is 0 Å². The number of carbonyl (C=O) groups excluding carboxylic acids is 1. The lowest BCUT2D eigenvalue weighted by molar-refractivity contribution is -0.203.